The average molecular weight is 141 g/mol. The molecule has 0 aromatic heterocycles. The lowest BCUT2D eigenvalue weighted by molar-refractivity contribution is -0.137. The number of rotatable bonds is 4. The summed E-state index contributed by atoms with van der Waals surface area (Å²) in [5, 5.41) is 7.97. The van der Waals surface area contributed by atoms with Crippen LogP contribution in [0.1, 0.15) is 26.2 Å². The van der Waals surface area contributed by atoms with Gasteiger partial charge in [0.2, 0.25) is 0 Å². The highest BCUT2D eigenvalue weighted by Crippen LogP contribution is 1.93. The molecule has 0 unspecified atom stereocenters. The van der Waals surface area contributed by atoms with E-state index in [1.807, 2.05) is 0 Å². The summed E-state index contributed by atoms with van der Waals surface area (Å²) in [5.74, 6) is -0.781. The molecule has 0 aliphatic heterocycles. The van der Waals surface area contributed by atoms with Crippen molar-refractivity contribution in [1.29, 1.82) is 5.26 Å². The second-order valence-corrected chi connectivity index (χ2v) is 1.95. The summed E-state index contributed by atoms with van der Waals surface area (Å²) in [6.45, 7) is 2.44. The number of ether oxygens (including phenoxy) is 1. The molecule has 3 nitrogen and oxygen atoms in total. The minimum atomic E-state index is -0.781. The van der Waals surface area contributed by atoms with E-state index in [0.29, 0.717) is 6.61 Å². The monoisotopic (exact) mass is 141 g/mol. The van der Waals surface area contributed by atoms with Gasteiger partial charge in [0, 0.05) is 0 Å². The van der Waals surface area contributed by atoms with Gasteiger partial charge in [0.1, 0.15) is 0 Å². The first-order valence-corrected chi connectivity index (χ1v) is 3.38. The summed E-state index contributed by atoms with van der Waals surface area (Å²) in [6, 6.07) is 1.38. The molecular formula is C7H11NO2. The van der Waals surface area contributed by atoms with Crippen LogP contribution in [0.25, 0.3) is 0 Å². The zero-order chi connectivity index (χ0) is 7.82. The number of nitrogens with zero attached hydrogens (tertiary/aromatic N) is 1. The average Bonchev–Trinajstić information content (AvgIpc) is 1.98. The largest absolute Gasteiger partial charge is 0.455 e. The second-order valence-electron chi connectivity index (χ2n) is 1.95. The van der Waals surface area contributed by atoms with E-state index in [9.17, 15) is 4.79 Å². The molecule has 0 saturated carbocycles. The Morgan fingerprint density at radius 1 is 1.60 bits per heavy atom. The highest BCUT2D eigenvalue weighted by molar-refractivity contribution is 5.85. The van der Waals surface area contributed by atoms with Crippen LogP contribution in [-0.4, -0.2) is 12.6 Å². The van der Waals surface area contributed by atoms with Crippen molar-refractivity contribution in [1.82, 2.24) is 0 Å². The lowest BCUT2D eigenvalue weighted by Crippen LogP contribution is -2.01. The van der Waals surface area contributed by atoms with Gasteiger partial charge in [0.15, 0.2) is 6.07 Å². The quantitative estimate of drug-likeness (QED) is 0.336. The molecule has 0 spiro atoms. The van der Waals surface area contributed by atoms with E-state index in [-0.39, 0.29) is 0 Å². The first-order chi connectivity index (χ1) is 4.81. The lowest BCUT2D eigenvalue weighted by Gasteiger charge is -1.96. The summed E-state index contributed by atoms with van der Waals surface area (Å²) in [4.78, 5) is 10.2. The van der Waals surface area contributed by atoms with Crippen LogP contribution >= 0.6 is 0 Å². The highest BCUT2D eigenvalue weighted by Gasteiger charge is 1.96. The molecule has 0 aromatic carbocycles. The molecule has 0 atom stereocenters. The van der Waals surface area contributed by atoms with Gasteiger partial charge in [-0.05, 0) is 6.42 Å². The third-order valence-corrected chi connectivity index (χ3v) is 1.07. The van der Waals surface area contributed by atoms with Crippen molar-refractivity contribution in [3.05, 3.63) is 0 Å². The van der Waals surface area contributed by atoms with E-state index in [1.165, 1.54) is 6.07 Å². The van der Waals surface area contributed by atoms with Gasteiger partial charge in [-0.25, -0.2) is 4.79 Å². The highest BCUT2D eigenvalue weighted by atomic mass is 16.5. The Bertz CT molecular complexity index is 137. The first kappa shape index (κ1) is 8.96. The van der Waals surface area contributed by atoms with Gasteiger partial charge in [-0.2, -0.15) is 5.26 Å². The van der Waals surface area contributed by atoms with Gasteiger partial charge < -0.3 is 4.74 Å². The molecule has 10 heavy (non-hydrogen) atoms. The molecule has 56 valence electrons. The number of esters is 1. The van der Waals surface area contributed by atoms with Gasteiger partial charge in [-0.1, -0.05) is 19.8 Å². The SMILES string of the molecule is CCCCCOC(=O)C#N. The number of hydrogen-bond donors (Lipinski definition) is 0. The third-order valence-electron chi connectivity index (χ3n) is 1.07. The first-order valence-electron chi connectivity index (χ1n) is 3.38. The number of unbranched alkanes of at least 4 members (excludes halogenated alkanes) is 2. The minimum absolute atomic E-state index is 0.375. The fraction of sp³-hybridized carbons (Fsp3) is 0.714. The van der Waals surface area contributed by atoms with E-state index in [2.05, 4.69) is 11.7 Å². The number of carbonyl (C=O) groups excluding carboxylic acids is 1. The molecule has 0 amide bonds. The van der Waals surface area contributed by atoms with Crippen molar-refractivity contribution >= 4 is 5.97 Å². The minimum Gasteiger partial charge on any atom is -0.455 e. The number of hydrogen-bond acceptors (Lipinski definition) is 3. The molecule has 0 radical (unpaired) electrons. The van der Waals surface area contributed by atoms with E-state index in [1.54, 1.807) is 0 Å². The Labute approximate surface area is 60.6 Å². The molecule has 0 bridgehead atoms. The zero-order valence-electron chi connectivity index (χ0n) is 6.09. The van der Waals surface area contributed by atoms with Crippen molar-refractivity contribution in [2.45, 2.75) is 26.2 Å². The Balaban J connectivity index is 3.06. The van der Waals surface area contributed by atoms with E-state index >= 15 is 0 Å². The van der Waals surface area contributed by atoms with Crippen LogP contribution in [0.5, 0.6) is 0 Å². The van der Waals surface area contributed by atoms with Crippen LogP contribution < -0.4 is 0 Å². The molecule has 0 rings (SSSR count). The maximum absolute atomic E-state index is 10.2. The molecule has 0 saturated heterocycles. The normalized spacial score (nSPS) is 8.40. The predicted molar refractivity (Wildman–Crippen MR) is 36.1 cm³/mol. The van der Waals surface area contributed by atoms with Crippen LogP contribution in [0.2, 0.25) is 0 Å². The van der Waals surface area contributed by atoms with Crippen LogP contribution in [0.15, 0.2) is 0 Å². The molecule has 0 fully saturated rings. The molecule has 0 heterocycles. The smallest absolute Gasteiger partial charge is 0.411 e. The van der Waals surface area contributed by atoms with Gasteiger partial charge in [-0.3, -0.25) is 0 Å². The maximum atomic E-state index is 10.2. The Kier molecular flexibility index (Phi) is 5.45. The second kappa shape index (κ2) is 6.09. The molecule has 0 N–H and O–H groups in total. The Morgan fingerprint density at radius 3 is 2.80 bits per heavy atom. The van der Waals surface area contributed by atoms with Crippen molar-refractivity contribution in [3.8, 4) is 6.07 Å². The number of carbonyl (C=O) groups is 1. The van der Waals surface area contributed by atoms with Crippen LogP contribution in [0.4, 0.5) is 0 Å². The van der Waals surface area contributed by atoms with Gasteiger partial charge in [0.25, 0.3) is 0 Å². The fourth-order valence-electron chi connectivity index (χ4n) is 0.549. The molecule has 0 aromatic rings. The summed E-state index contributed by atoms with van der Waals surface area (Å²) in [6.07, 6.45) is 2.98. The van der Waals surface area contributed by atoms with Crippen molar-refractivity contribution < 1.29 is 9.53 Å². The summed E-state index contributed by atoms with van der Waals surface area (Å²) < 4.78 is 4.49. The predicted octanol–water partition coefficient (Wildman–Crippen LogP) is 1.24. The molecule has 0 aliphatic carbocycles. The van der Waals surface area contributed by atoms with Crippen molar-refractivity contribution in [3.63, 3.8) is 0 Å². The molecular weight excluding hydrogens is 130 g/mol. The van der Waals surface area contributed by atoms with Crippen molar-refractivity contribution in [2.24, 2.45) is 0 Å². The summed E-state index contributed by atoms with van der Waals surface area (Å²) in [7, 11) is 0. The van der Waals surface area contributed by atoms with E-state index < -0.39 is 5.97 Å². The number of nitriles is 1. The van der Waals surface area contributed by atoms with Gasteiger partial charge in [0.05, 0.1) is 6.61 Å². The third kappa shape index (κ3) is 5.10. The van der Waals surface area contributed by atoms with Crippen LogP contribution in [-0.2, 0) is 9.53 Å². The van der Waals surface area contributed by atoms with Gasteiger partial charge in [-0.15, -0.1) is 0 Å². The standard InChI is InChI=1S/C7H11NO2/c1-2-3-4-5-10-7(9)6-8/h2-5H2,1H3. The topological polar surface area (TPSA) is 50.1 Å². The molecule has 3 heteroatoms. The van der Waals surface area contributed by atoms with E-state index in [4.69, 9.17) is 5.26 Å². The van der Waals surface area contributed by atoms with Crippen LogP contribution in [0.3, 0.4) is 0 Å². The molecule has 0 aliphatic rings. The van der Waals surface area contributed by atoms with Crippen molar-refractivity contribution in [2.75, 3.05) is 6.61 Å². The lowest BCUT2D eigenvalue weighted by atomic mass is 10.3. The Morgan fingerprint density at radius 2 is 2.30 bits per heavy atom. The van der Waals surface area contributed by atoms with Gasteiger partial charge >= 0.3 is 5.97 Å². The van der Waals surface area contributed by atoms with Crippen LogP contribution in [0, 0.1) is 11.3 Å². The Hall–Kier alpha value is -1.04. The fourth-order valence-corrected chi connectivity index (χ4v) is 0.549. The summed E-state index contributed by atoms with van der Waals surface area (Å²) >= 11 is 0. The zero-order valence-corrected chi connectivity index (χ0v) is 6.09. The summed E-state index contributed by atoms with van der Waals surface area (Å²) in [5.41, 5.74) is 0. The maximum Gasteiger partial charge on any atom is 0.411 e. The van der Waals surface area contributed by atoms with E-state index in [0.717, 1.165) is 19.3 Å².